The Morgan fingerprint density at radius 2 is 1.39 bits per heavy atom. The highest BCUT2D eigenvalue weighted by Crippen LogP contribution is 2.31. The average molecular weight is 547 g/mol. The zero-order valence-electron chi connectivity index (χ0n) is 23.0. The average Bonchev–Trinajstić information content (AvgIpc) is 3.00. The van der Waals surface area contributed by atoms with Crippen LogP contribution >= 0.6 is 0 Å². The number of methoxy groups -OCH3 is 2. The lowest BCUT2D eigenvalue weighted by molar-refractivity contribution is -0.113. The number of benzene rings is 4. The molecule has 0 bridgehead atoms. The van der Waals surface area contributed by atoms with Gasteiger partial charge in [-0.1, -0.05) is 54.6 Å². The minimum atomic E-state index is -0.498. The van der Waals surface area contributed by atoms with Crippen molar-refractivity contribution in [3.63, 3.8) is 0 Å². The maximum absolute atomic E-state index is 13.3. The topological polar surface area (TPSA) is 93.7 Å². The van der Waals surface area contributed by atoms with Crippen LogP contribution in [0.15, 0.2) is 109 Å². The van der Waals surface area contributed by atoms with Gasteiger partial charge in [0.1, 0.15) is 5.70 Å². The predicted octanol–water partition coefficient (Wildman–Crippen LogP) is 6.32. The van der Waals surface area contributed by atoms with E-state index in [9.17, 15) is 14.4 Å². The van der Waals surface area contributed by atoms with E-state index in [0.717, 1.165) is 11.1 Å². The van der Waals surface area contributed by atoms with Crippen molar-refractivity contribution in [2.24, 2.45) is 0 Å². The monoisotopic (exact) mass is 546 g/mol. The summed E-state index contributed by atoms with van der Waals surface area (Å²) < 4.78 is 10.7. The van der Waals surface area contributed by atoms with Crippen molar-refractivity contribution in [1.82, 2.24) is 5.32 Å². The molecule has 0 aliphatic heterocycles. The summed E-state index contributed by atoms with van der Waals surface area (Å²) in [6.07, 6.45) is 4.76. The molecule has 0 fully saturated rings. The van der Waals surface area contributed by atoms with Gasteiger partial charge in [-0.05, 0) is 78.7 Å². The van der Waals surface area contributed by atoms with Crippen LogP contribution < -0.4 is 20.1 Å². The van der Waals surface area contributed by atoms with Gasteiger partial charge in [0, 0.05) is 22.4 Å². The van der Waals surface area contributed by atoms with Gasteiger partial charge in [-0.15, -0.1) is 0 Å². The molecule has 2 N–H and O–H groups in total. The Kier molecular flexibility index (Phi) is 9.46. The Morgan fingerprint density at radius 1 is 0.707 bits per heavy atom. The molecule has 0 aliphatic carbocycles. The fourth-order valence-corrected chi connectivity index (χ4v) is 4.07. The molecule has 4 rings (SSSR count). The van der Waals surface area contributed by atoms with Gasteiger partial charge in [0.2, 0.25) is 0 Å². The van der Waals surface area contributed by atoms with E-state index in [4.69, 9.17) is 9.47 Å². The van der Waals surface area contributed by atoms with Crippen LogP contribution in [0, 0.1) is 6.92 Å². The summed E-state index contributed by atoms with van der Waals surface area (Å²) in [6.45, 7) is 1.93. The van der Waals surface area contributed by atoms with Gasteiger partial charge in [0.05, 0.1) is 14.2 Å². The maximum atomic E-state index is 13.3. The highest BCUT2D eigenvalue weighted by atomic mass is 16.5. The number of carbonyl (C=O) groups is 3. The number of hydrogen-bond acceptors (Lipinski definition) is 5. The van der Waals surface area contributed by atoms with Crippen molar-refractivity contribution in [1.29, 1.82) is 0 Å². The van der Waals surface area contributed by atoms with Crippen LogP contribution in [0.5, 0.6) is 11.5 Å². The third-order valence-corrected chi connectivity index (χ3v) is 6.29. The fraction of sp³-hybridized carbons (Fsp3) is 0.0882. The smallest absolute Gasteiger partial charge is 0.272 e. The van der Waals surface area contributed by atoms with Crippen molar-refractivity contribution in [3.8, 4) is 11.5 Å². The van der Waals surface area contributed by atoms with E-state index in [1.807, 2.05) is 49.4 Å². The second-order valence-electron chi connectivity index (χ2n) is 9.05. The van der Waals surface area contributed by atoms with Crippen LogP contribution in [-0.4, -0.2) is 31.8 Å². The third kappa shape index (κ3) is 7.36. The number of allylic oxidation sites excluding steroid dienone is 1. The Balaban J connectivity index is 1.50. The molecular formula is C34H30N2O5. The number of rotatable bonds is 10. The van der Waals surface area contributed by atoms with Gasteiger partial charge in [-0.3, -0.25) is 14.4 Å². The first-order valence-electron chi connectivity index (χ1n) is 12.9. The summed E-state index contributed by atoms with van der Waals surface area (Å²) >= 11 is 0. The van der Waals surface area contributed by atoms with Crippen LogP contribution in [0.1, 0.15) is 37.4 Å². The molecule has 0 aromatic heterocycles. The molecule has 7 nitrogen and oxygen atoms in total. The third-order valence-electron chi connectivity index (χ3n) is 6.29. The van der Waals surface area contributed by atoms with Gasteiger partial charge >= 0.3 is 0 Å². The highest BCUT2D eigenvalue weighted by molar-refractivity contribution is 6.11. The van der Waals surface area contributed by atoms with Crippen molar-refractivity contribution >= 4 is 35.4 Å². The molecule has 206 valence electrons. The Morgan fingerprint density at radius 3 is 2.07 bits per heavy atom. The first kappa shape index (κ1) is 28.6. The molecular weight excluding hydrogens is 516 g/mol. The van der Waals surface area contributed by atoms with Gasteiger partial charge in [-0.25, -0.2) is 0 Å². The maximum Gasteiger partial charge on any atom is 0.272 e. The zero-order valence-corrected chi connectivity index (χ0v) is 23.0. The molecule has 41 heavy (non-hydrogen) atoms. The first-order valence-corrected chi connectivity index (χ1v) is 12.9. The minimum Gasteiger partial charge on any atom is -0.493 e. The Hall–Kier alpha value is -5.43. The standard InChI is InChI=1S/C34H30N2O5/c1-23-10-7-8-13-27(23)22-29(36-33(38)26-11-5-4-6-12-26)34(39)35-28-19-16-24(17-20-28)30(37)21-18-25-14-9-15-31(40-2)32(25)41-3/h4-22H,1-3H3,(H,35,39)(H,36,38)/b21-18+,29-22-. The molecule has 0 heterocycles. The molecule has 0 unspecified atom stereocenters. The Bertz CT molecular complexity index is 1610. The van der Waals surface area contributed by atoms with E-state index in [0.29, 0.717) is 33.9 Å². The lowest BCUT2D eigenvalue weighted by atomic mass is 10.1. The predicted molar refractivity (Wildman–Crippen MR) is 161 cm³/mol. The number of nitrogens with one attached hydrogen (secondary N) is 2. The molecule has 0 spiro atoms. The zero-order chi connectivity index (χ0) is 29.2. The van der Waals surface area contributed by atoms with Crippen molar-refractivity contribution in [2.45, 2.75) is 6.92 Å². The number of carbonyl (C=O) groups excluding carboxylic acids is 3. The molecule has 0 saturated carbocycles. The first-order chi connectivity index (χ1) is 19.9. The van der Waals surface area contributed by atoms with Gasteiger partial charge in [0.25, 0.3) is 11.8 Å². The number of ether oxygens (including phenoxy) is 2. The molecule has 7 heteroatoms. The number of hydrogen-bond donors (Lipinski definition) is 2. The second kappa shape index (κ2) is 13.6. The van der Waals surface area contributed by atoms with E-state index in [1.165, 1.54) is 6.08 Å². The van der Waals surface area contributed by atoms with Crippen LogP contribution in [0.2, 0.25) is 0 Å². The van der Waals surface area contributed by atoms with Crippen molar-refractivity contribution in [2.75, 3.05) is 19.5 Å². The molecule has 4 aromatic carbocycles. The lowest BCUT2D eigenvalue weighted by Crippen LogP contribution is -2.30. The lowest BCUT2D eigenvalue weighted by Gasteiger charge is -2.12. The second-order valence-corrected chi connectivity index (χ2v) is 9.05. The number of ketones is 1. The van der Waals surface area contributed by atoms with Gasteiger partial charge < -0.3 is 20.1 Å². The van der Waals surface area contributed by atoms with E-state index in [1.54, 1.807) is 81.0 Å². The number of aryl methyl sites for hydroxylation is 1. The van der Waals surface area contributed by atoms with Gasteiger partial charge in [0.15, 0.2) is 17.3 Å². The van der Waals surface area contributed by atoms with Crippen LogP contribution in [0.3, 0.4) is 0 Å². The fourth-order valence-electron chi connectivity index (χ4n) is 4.07. The van der Waals surface area contributed by atoms with Crippen molar-refractivity contribution in [3.05, 3.63) is 137 Å². The summed E-state index contributed by atoms with van der Waals surface area (Å²) in [5.74, 6) is -0.0189. The Labute approximate surface area is 239 Å². The van der Waals surface area contributed by atoms with E-state index in [2.05, 4.69) is 10.6 Å². The van der Waals surface area contributed by atoms with E-state index in [-0.39, 0.29) is 11.5 Å². The normalized spacial score (nSPS) is 11.1. The largest absolute Gasteiger partial charge is 0.493 e. The molecule has 0 aliphatic rings. The molecule has 4 aromatic rings. The summed E-state index contributed by atoms with van der Waals surface area (Å²) in [5.41, 5.74) is 3.88. The van der Waals surface area contributed by atoms with E-state index < -0.39 is 11.8 Å². The summed E-state index contributed by atoms with van der Waals surface area (Å²) in [4.78, 5) is 38.9. The summed E-state index contributed by atoms with van der Waals surface area (Å²) in [7, 11) is 3.09. The molecule has 0 radical (unpaired) electrons. The SMILES string of the molecule is COc1cccc(/C=C/C(=O)c2ccc(NC(=O)/C(=C/c3ccccc3C)NC(=O)c3ccccc3)cc2)c1OC. The number of para-hydroxylation sites is 1. The highest BCUT2D eigenvalue weighted by Gasteiger charge is 2.16. The minimum absolute atomic E-state index is 0.0866. The van der Waals surface area contributed by atoms with Crippen LogP contribution in [-0.2, 0) is 4.79 Å². The molecule has 0 saturated heterocycles. The van der Waals surface area contributed by atoms with E-state index >= 15 is 0 Å². The number of amides is 2. The van der Waals surface area contributed by atoms with Crippen molar-refractivity contribution < 1.29 is 23.9 Å². The van der Waals surface area contributed by atoms with Gasteiger partial charge in [-0.2, -0.15) is 0 Å². The summed E-state index contributed by atoms with van der Waals surface area (Å²) in [5, 5.41) is 5.54. The molecule has 0 atom stereocenters. The number of anilines is 1. The molecule has 2 amide bonds. The van der Waals surface area contributed by atoms with Crippen LogP contribution in [0.4, 0.5) is 5.69 Å². The quantitative estimate of drug-likeness (QED) is 0.179. The summed E-state index contributed by atoms with van der Waals surface area (Å²) in [6, 6.07) is 28.2. The van der Waals surface area contributed by atoms with Crippen LogP contribution in [0.25, 0.3) is 12.2 Å².